The van der Waals surface area contributed by atoms with Gasteiger partial charge in [0.1, 0.15) is 0 Å². The zero-order valence-electron chi connectivity index (χ0n) is 9.91. The van der Waals surface area contributed by atoms with Crippen LogP contribution in [0.3, 0.4) is 0 Å². The number of halogens is 1. The molecule has 1 saturated carbocycles. The van der Waals surface area contributed by atoms with Crippen molar-refractivity contribution in [1.82, 2.24) is 5.32 Å². The Morgan fingerprint density at radius 3 is 2.75 bits per heavy atom. The molecule has 1 rings (SSSR count). The SMILES string of the molecule is CCS(=O)(=O)CCNCC1CCCC(Cl)C1. The zero-order valence-corrected chi connectivity index (χ0v) is 11.5. The third kappa shape index (κ3) is 5.51. The van der Waals surface area contributed by atoms with Crippen LogP contribution >= 0.6 is 11.6 Å². The first-order valence-electron chi connectivity index (χ1n) is 6.08. The summed E-state index contributed by atoms with van der Waals surface area (Å²) in [6.07, 6.45) is 4.61. The highest BCUT2D eigenvalue weighted by atomic mass is 35.5. The maximum Gasteiger partial charge on any atom is 0.151 e. The van der Waals surface area contributed by atoms with Gasteiger partial charge in [0.05, 0.1) is 5.75 Å². The summed E-state index contributed by atoms with van der Waals surface area (Å²) in [6.45, 7) is 3.16. The third-order valence-electron chi connectivity index (χ3n) is 3.18. The average Bonchev–Trinajstić information content (AvgIpc) is 2.25. The number of alkyl halides is 1. The van der Waals surface area contributed by atoms with E-state index in [0.717, 1.165) is 19.4 Å². The maximum absolute atomic E-state index is 11.2. The molecule has 0 spiro atoms. The summed E-state index contributed by atoms with van der Waals surface area (Å²) in [5, 5.41) is 3.55. The van der Waals surface area contributed by atoms with Crippen molar-refractivity contribution in [2.24, 2.45) is 5.92 Å². The molecular formula is C11H22ClNO2S. The van der Waals surface area contributed by atoms with E-state index < -0.39 is 9.84 Å². The van der Waals surface area contributed by atoms with Crippen LogP contribution in [0.4, 0.5) is 0 Å². The molecule has 0 amide bonds. The van der Waals surface area contributed by atoms with Crippen LogP contribution in [-0.4, -0.2) is 38.4 Å². The fourth-order valence-corrected chi connectivity index (χ4v) is 3.24. The zero-order chi connectivity index (χ0) is 12.0. The lowest BCUT2D eigenvalue weighted by atomic mass is 9.89. The molecule has 0 aromatic carbocycles. The summed E-state index contributed by atoms with van der Waals surface area (Å²) in [4.78, 5) is 0. The van der Waals surface area contributed by atoms with Crippen LogP contribution in [0, 0.1) is 5.92 Å². The second kappa shape index (κ2) is 6.82. The van der Waals surface area contributed by atoms with Gasteiger partial charge in [-0.2, -0.15) is 0 Å². The molecule has 1 fully saturated rings. The van der Waals surface area contributed by atoms with E-state index in [-0.39, 0.29) is 11.5 Å². The minimum Gasteiger partial charge on any atom is -0.315 e. The summed E-state index contributed by atoms with van der Waals surface area (Å²) < 4.78 is 22.5. The van der Waals surface area contributed by atoms with Crippen LogP contribution in [0.25, 0.3) is 0 Å². The molecule has 0 radical (unpaired) electrons. The van der Waals surface area contributed by atoms with Gasteiger partial charge in [-0.05, 0) is 31.7 Å². The van der Waals surface area contributed by atoms with E-state index in [1.54, 1.807) is 6.92 Å². The van der Waals surface area contributed by atoms with Gasteiger partial charge in [-0.1, -0.05) is 13.3 Å². The molecule has 96 valence electrons. The lowest BCUT2D eigenvalue weighted by Gasteiger charge is -2.25. The van der Waals surface area contributed by atoms with Gasteiger partial charge in [0.2, 0.25) is 0 Å². The topological polar surface area (TPSA) is 46.2 Å². The van der Waals surface area contributed by atoms with Crippen molar-refractivity contribution in [2.75, 3.05) is 24.6 Å². The Balaban J connectivity index is 2.11. The van der Waals surface area contributed by atoms with Crippen LogP contribution < -0.4 is 5.32 Å². The predicted molar refractivity (Wildman–Crippen MR) is 68.8 cm³/mol. The summed E-state index contributed by atoms with van der Waals surface area (Å²) in [5.41, 5.74) is 0. The molecule has 0 aromatic heterocycles. The molecule has 3 nitrogen and oxygen atoms in total. The highest BCUT2D eigenvalue weighted by Gasteiger charge is 2.19. The number of hydrogen-bond acceptors (Lipinski definition) is 3. The molecule has 2 unspecified atom stereocenters. The van der Waals surface area contributed by atoms with Crippen molar-refractivity contribution in [3.05, 3.63) is 0 Å². The van der Waals surface area contributed by atoms with Crippen LogP contribution in [-0.2, 0) is 9.84 Å². The Morgan fingerprint density at radius 1 is 1.38 bits per heavy atom. The number of rotatable bonds is 6. The van der Waals surface area contributed by atoms with Gasteiger partial charge in [-0.15, -0.1) is 11.6 Å². The summed E-state index contributed by atoms with van der Waals surface area (Å²) in [7, 11) is -2.82. The second-order valence-electron chi connectivity index (χ2n) is 4.57. The number of sulfone groups is 1. The third-order valence-corrected chi connectivity index (χ3v) is 5.28. The maximum atomic E-state index is 11.2. The molecule has 1 aliphatic carbocycles. The van der Waals surface area contributed by atoms with Crippen molar-refractivity contribution in [1.29, 1.82) is 0 Å². The largest absolute Gasteiger partial charge is 0.315 e. The van der Waals surface area contributed by atoms with E-state index in [1.165, 1.54) is 12.8 Å². The van der Waals surface area contributed by atoms with Crippen molar-refractivity contribution in [3.63, 3.8) is 0 Å². The van der Waals surface area contributed by atoms with E-state index >= 15 is 0 Å². The van der Waals surface area contributed by atoms with Gasteiger partial charge < -0.3 is 5.32 Å². The van der Waals surface area contributed by atoms with Crippen LogP contribution in [0.1, 0.15) is 32.6 Å². The summed E-state index contributed by atoms with van der Waals surface area (Å²) in [5.74, 6) is 1.11. The Bertz CT molecular complexity index is 292. The van der Waals surface area contributed by atoms with E-state index in [4.69, 9.17) is 11.6 Å². The minimum absolute atomic E-state index is 0.238. The highest BCUT2D eigenvalue weighted by molar-refractivity contribution is 7.91. The van der Waals surface area contributed by atoms with Crippen molar-refractivity contribution >= 4 is 21.4 Å². The summed E-state index contributed by atoms with van der Waals surface area (Å²) in [6, 6.07) is 0. The van der Waals surface area contributed by atoms with Crippen molar-refractivity contribution in [2.45, 2.75) is 38.0 Å². The highest BCUT2D eigenvalue weighted by Crippen LogP contribution is 2.27. The van der Waals surface area contributed by atoms with Gasteiger partial charge in [0.25, 0.3) is 0 Å². The predicted octanol–water partition coefficient (Wildman–Crippen LogP) is 1.81. The van der Waals surface area contributed by atoms with E-state index in [2.05, 4.69) is 5.32 Å². The Morgan fingerprint density at radius 2 is 2.12 bits per heavy atom. The lowest BCUT2D eigenvalue weighted by molar-refractivity contribution is 0.349. The smallest absolute Gasteiger partial charge is 0.151 e. The van der Waals surface area contributed by atoms with Gasteiger partial charge in [-0.3, -0.25) is 0 Å². The molecular weight excluding hydrogens is 246 g/mol. The fourth-order valence-electron chi connectivity index (χ4n) is 2.09. The molecule has 1 aliphatic rings. The molecule has 0 aromatic rings. The first kappa shape index (κ1) is 14.3. The first-order valence-corrected chi connectivity index (χ1v) is 8.34. The molecule has 0 saturated heterocycles. The van der Waals surface area contributed by atoms with Crippen LogP contribution in [0.15, 0.2) is 0 Å². The van der Waals surface area contributed by atoms with Crippen LogP contribution in [0.2, 0.25) is 0 Å². The lowest BCUT2D eigenvalue weighted by Crippen LogP contribution is -2.31. The Hall–Kier alpha value is 0.200. The van der Waals surface area contributed by atoms with Gasteiger partial charge in [0, 0.05) is 17.7 Å². The fraction of sp³-hybridized carbons (Fsp3) is 1.00. The first-order chi connectivity index (χ1) is 7.53. The molecule has 0 heterocycles. The molecule has 2 atom stereocenters. The minimum atomic E-state index is -2.82. The van der Waals surface area contributed by atoms with E-state index in [1.807, 2.05) is 0 Å². The standard InChI is InChI=1S/C11H22ClNO2S/c1-2-16(14,15)7-6-13-9-10-4-3-5-11(12)8-10/h10-11,13H,2-9H2,1H3. The second-order valence-corrected chi connectivity index (χ2v) is 7.66. The molecule has 1 N–H and O–H groups in total. The van der Waals surface area contributed by atoms with Gasteiger partial charge in [-0.25, -0.2) is 8.42 Å². The average molecular weight is 268 g/mol. The number of nitrogens with one attached hydrogen (secondary N) is 1. The normalized spacial score (nSPS) is 26.9. The quantitative estimate of drug-likeness (QED) is 0.590. The molecule has 0 aliphatic heterocycles. The number of hydrogen-bond donors (Lipinski definition) is 1. The molecule has 0 bridgehead atoms. The van der Waals surface area contributed by atoms with Crippen molar-refractivity contribution < 1.29 is 8.42 Å². The Kier molecular flexibility index (Phi) is 6.08. The van der Waals surface area contributed by atoms with Gasteiger partial charge in [0.15, 0.2) is 9.84 Å². The molecule has 5 heteroatoms. The van der Waals surface area contributed by atoms with E-state index in [9.17, 15) is 8.42 Å². The van der Waals surface area contributed by atoms with Gasteiger partial charge >= 0.3 is 0 Å². The van der Waals surface area contributed by atoms with Crippen molar-refractivity contribution in [3.8, 4) is 0 Å². The summed E-state index contributed by atoms with van der Waals surface area (Å²) >= 11 is 6.10. The molecule has 16 heavy (non-hydrogen) atoms. The Labute approximate surface area is 104 Å². The monoisotopic (exact) mass is 267 g/mol. The van der Waals surface area contributed by atoms with Crippen LogP contribution in [0.5, 0.6) is 0 Å². The van der Waals surface area contributed by atoms with E-state index in [0.29, 0.717) is 17.8 Å².